The summed E-state index contributed by atoms with van der Waals surface area (Å²) in [6.45, 7) is 0.0331. The van der Waals surface area contributed by atoms with Crippen LogP contribution in [0.3, 0.4) is 0 Å². The molecular weight excluding hydrogens is 357 g/mol. The molecule has 2 aromatic heterocycles. The lowest BCUT2D eigenvalue weighted by Crippen LogP contribution is -2.28. The maximum atomic E-state index is 13.1. The summed E-state index contributed by atoms with van der Waals surface area (Å²) < 4.78 is 18.3. The van der Waals surface area contributed by atoms with Crippen LogP contribution in [0.2, 0.25) is 0 Å². The Morgan fingerprint density at radius 2 is 2.23 bits per heavy atom. The monoisotopic (exact) mass is 375 g/mol. The average molecular weight is 375 g/mol. The first-order valence-electron chi connectivity index (χ1n) is 8.18. The second-order valence-electron chi connectivity index (χ2n) is 5.72. The number of rotatable bonds is 8. The smallest absolute Gasteiger partial charge is 0.226 e. The zero-order valence-electron chi connectivity index (χ0n) is 13.9. The molecule has 26 heavy (non-hydrogen) atoms. The van der Waals surface area contributed by atoms with Crippen LogP contribution >= 0.6 is 11.3 Å². The van der Waals surface area contributed by atoms with Crippen molar-refractivity contribution in [2.45, 2.75) is 25.4 Å². The van der Waals surface area contributed by atoms with Gasteiger partial charge >= 0.3 is 0 Å². The van der Waals surface area contributed by atoms with E-state index in [1.54, 1.807) is 6.07 Å². The lowest BCUT2D eigenvalue weighted by Gasteiger charge is -2.12. The number of thiophene rings is 1. The number of aromatic nitrogens is 2. The van der Waals surface area contributed by atoms with Crippen molar-refractivity contribution < 1.29 is 18.8 Å². The Balaban J connectivity index is 1.39. The molecule has 6 nitrogen and oxygen atoms in total. The Labute approximate surface area is 153 Å². The number of aryl methyl sites for hydroxylation is 1. The van der Waals surface area contributed by atoms with E-state index in [-0.39, 0.29) is 18.9 Å². The van der Waals surface area contributed by atoms with Crippen LogP contribution in [0.25, 0.3) is 10.7 Å². The molecule has 3 rings (SSSR count). The first-order valence-corrected chi connectivity index (χ1v) is 9.06. The predicted octanol–water partition coefficient (Wildman–Crippen LogP) is 3.11. The average Bonchev–Trinajstić information content (AvgIpc) is 3.31. The minimum absolute atomic E-state index is 0.0331. The molecule has 0 saturated carbocycles. The van der Waals surface area contributed by atoms with Crippen molar-refractivity contribution in [1.29, 1.82) is 0 Å². The highest BCUT2D eigenvalue weighted by Gasteiger charge is 2.12. The highest BCUT2D eigenvalue weighted by molar-refractivity contribution is 7.13. The summed E-state index contributed by atoms with van der Waals surface area (Å²) in [7, 11) is 0. The van der Waals surface area contributed by atoms with Gasteiger partial charge in [-0.2, -0.15) is 4.98 Å². The molecule has 2 heterocycles. The fourth-order valence-corrected chi connectivity index (χ4v) is 3.04. The van der Waals surface area contributed by atoms with Gasteiger partial charge in [-0.3, -0.25) is 4.79 Å². The standard InChI is InChI=1S/C18H18FN3O3S/c19-13-5-1-4-12(10-13)14(23)11-20-16(24)7-2-8-17-21-18(22-25-17)15-6-3-9-26-15/h1,3-6,9-10,14,23H,2,7-8,11H2,(H,20,24). The highest BCUT2D eigenvalue weighted by atomic mass is 32.1. The van der Waals surface area contributed by atoms with Crippen molar-refractivity contribution in [3.8, 4) is 10.7 Å². The molecule has 136 valence electrons. The van der Waals surface area contributed by atoms with Gasteiger partial charge in [-0.25, -0.2) is 4.39 Å². The van der Waals surface area contributed by atoms with Gasteiger partial charge in [-0.15, -0.1) is 11.3 Å². The minimum atomic E-state index is -0.945. The van der Waals surface area contributed by atoms with Crippen molar-refractivity contribution in [3.63, 3.8) is 0 Å². The van der Waals surface area contributed by atoms with Gasteiger partial charge < -0.3 is 14.9 Å². The molecule has 3 aromatic rings. The van der Waals surface area contributed by atoms with Gasteiger partial charge in [0.1, 0.15) is 5.82 Å². The van der Waals surface area contributed by atoms with Crippen LogP contribution < -0.4 is 5.32 Å². The van der Waals surface area contributed by atoms with E-state index in [2.05, 4.69) is 15.5 Å². The quantitative estimate of drug-likeness (QED) is 0.632. The SMILES string of the molecule is O=C(CCCc1nc(-c2cccs2)no1)NCC(O)c1cccc(F)c1. The van der Waals surface area contributed by atoms with Gasteiger partial charge in [0.2, 0.25) is 17.6 Å². The number of hydrogen-bond acceptors (Lipinski definition) is 6. The van der Waals surface area contributed by atoms with Gasteiger partial charge in [0.15, 0.2) is 0 Å². The maximum Gasteiger partial charge on any atom is 0.226 e. The third-order valence-electron chi connectivity index (χ3n) is 3.73. The van der Waals surface area contributed by atoms with Crippen molar-refractivity contribution >= 4 is 17.2 Å². The molecule has 8 heteroatoms. The first-order chi connectivity index (χ1) is 12.6. The number of aliphatic hydroxyl groups is 1. The molecule has 0 radical (unpaired) electrons. The fourth-order valence-electron chi connectivity index (χ4n) is 2.39. The van der Waals surface area contributed by atoms with E-state index in [0.29, 0.717) is 30.1 Å². The largest absolute Gasteiger partial charge is 0.387 e. The van der Waals surface area contributed by atoms with Crippen molar-refractivity contribution in [3.05, 3.63) is 59.0 Å². The molecule has 1 unspecified atom stereocenters. The topological polar surface area (TPSA) is 88.2 Å². The second kappa shape index (κ2) is 8.68. The van der Waals surface area contributed by atoms with Crippen LogP contribution in [-0.4, -0.2) is 27.7 Å². The van der Waals surface area contributed by atoms with Gasteiger partial charge in [-0.05, 0) is 35.6 Å². The Morgan fingerprint density at radius 1 is 1.35 bits per heavy atom. The van der Waals surface area contributed by atoms with E-state index < -0.39 is 11.9 Å². The summed E-state index contributed by atoms with van der Waals surface area (Å²) in [6.07, 6.45) is 0.373. The predicted molar refractivity (Wildman–Crippen MR) is 94.9 cm³/mol. The molecule has 1 atom stereocenters. The Bertz CT molecular complexity index is 851. The zero-order chi connectivity index (χ0) is 18.4. The molecule has 2 N–H and O–H groups in total. The zero-order valence-corrected chi connectivity index (χ0v) is 14.7. The summed E-state index contributed by atoms with van der Waals surface area (Å²) in [5.41, 5.74) is 0.428. The van der Waals surface area contributed by atoms with Gasteiger partial charge in [-0.1, -0.05) is 23.4 Å². The van der Waals surface area contributed by atoms with Crippen LogP contribution in [0.4, 0.5) is 4.39 Å². The molecule has 0 saturated heterocycles. The minimum Gasteiger partial charge on any atom is -0.387 e. The van der Waals surface area contributed by atoms with Crippen LogP contribution in [0, 0.1) is 5.82 Å². The lowest BCUT2D eigenvalue weighted by molar-refractivity contribution is -0.121. The molecular formula is C18H18FN3O3S. The fraction of sp³-hybridized carbons (Fsp3) is 0.278. The van der Waals surface area contributed by atoms with E-state index >= 15 is 0 Å². The Kier molecular flexibility index (Phi) is 6.08. The van der Waals surface area contributed by atoms with Gasteiger partial charge in [0.25, 0.3) is 0 Å². The molecule has 1 amide bonds. The lowest BCUT2D eigenvalue weighted by atomic mass is 10.1. The number of aliphatic hydroxyl groups excluding tert-OH is 1. The number of carbonyl (C=O) groups is 1. The van der Waals surface area contributed by atoms with E-state index in [1.165, 1.54) is 29.5 Å². The van der Waals surface area contributed by atoms with Crippen molar-refractivity contribution in [1.82, 2.24) is 15.5 Å². The van der Waals surface area contributed by atoms with Gasteiger partial charge in [0.05, 0.1) is 11.0 Å². The van der Waals surface area contributed by atoms with Crippen LogP contribution in [-0.2, 0) is 11.2 Å². The molecule has 0 spiro atoms. The van der Waals surface area contributed by atoms with E-state index in [1.807, 2.05) is 17.5 Å². The number of amides is 1. The van der Waals surface area contributed by atoms with Gasteiger partial charge in [0, 0.05) is 19.4 Å². The number of hydrogen-bond donors (Lipinski definition) is 2. The molecule has 0 bridgehead atoms. The van der Waals surface area contributed by atoms with Crippen molar-refractivity contribution in [2.24, 2.45) is 0 Å². The first kappa shape index (κ1) is 18.2. The third kappa shape index (κ3) is 4.96. The molecule has 0 aliphatic heterocycles. The number of halogens is 1. The van der Waals surface area contributed by atoms with E-state index in [0.717, 1.165) is 4.88 Å². The molecule has 0 fully saturated rings. The Morgan fingerprint density at radius 3 is 3.00 bits per heavy atom. The highest BCUT2D eigenvalue weighted by Crippen LogP contribution is 2.21. The molecule has 0 aliphatic rings. The third-order valence-corrected chi connectivity index (χ3v) is 4.60. The number of nitrogens with zero attached hydrogens (tertiary/aromatic N) is 2. The van der Waals surface area contributed by atoms with E-state index in [4.69, 9.17) is 4.52 Å². The van der Waals surface area contributed by atoms with Crippen LogP contribution in [0.1, 0.15) is 30.4 Å². The van der Waals surface area contributed by atoms with E-state index in [9.17, 15) is 14.3 Å². The number of nitrogens with one attached hydrogen (secondary N) is 1. The number of benzene rings is 1. The Hall–Kier alpha value is -2.58. The summed E-state index contributed by atoms with van der Waals surface area (Å²) in [5.74, 6) is 0.423. The normalized spacial score (nSPS) is 12.1. The van der Waals surface area contributed by atoms with Crippen LogP contribution in [0.5, 0.6) is 0 Å². The second-order valence-corrected chi connectivity index (χ2v) is 6.67. The maximum absolute atomic E-state index is 13.1. The summed E-state index contributed by atoms with van der Waals surface area (Å²) in [5, 5.41) is 18.5. The summed E-state index contributed by atoms with van der Waals surface area (Å²) >= 11 is 1.53. The summed E-state index contributed by atoms with van der Waals surface area (Å²) in [6, 6.07) is 9.51. The summed E-state index contributed by atoms with van der Waals surface area (Å²) in [4.78, 5) is 17.1. The number of carbonyl (C=O) groups excluding carboxylic acids is 1. The van der Waals surface area contributed by atoms with Crippen LogP contribution in [0.15, 0.2) is 46.3 Å². The van der Waals surface area contributed by atoms with Crippen molar-refractivity contribution in [2.75, 3.05) is 6.54 Å². The molecule has 0 aliphatic carbocycles. The molecule has 1 aromatic carbocycles.